The molecule has 1 nitrogen and oxygen atoms in total. The quantitative estimate of drug-likeness (QED) is 0.563. The monoisotopic (exact) mass is 289 g/mol. The van der Waals surface area contributed by atoms with Crippen LogP contribution in [0.15, 0.2) is 54.7 Å². The summed E-state index contributed by atoms with van der Waals surface area (Å²) in [7, 11) is 0. The van der Waals surface area contributed by atoms with Gasteiger partial charge >= 0.3 is 0 Å². The molecule has 0 saturated heterocycles. The summed E-state index contributed by atoms with van der Waals surface area (Å²) in [5, 5.41) is 2.57. The lowest BCUT2D eigenvalue weighted by atomic mass is 9.95. The fourth-order valence-corrected chi connectivity index (χ4v) is 2.84. The zero-order valence-electron chi connectivity index (χ0n) is 13.8. The normalized spacial score (nSPS) is 11.5. The first-order valence-electron chi connectivity index (χ1n) is 8.05. The number of hydrogen-bond acceptors (Lipinski definition) is 1. The molecule has 0 bridgehead atoms. The van der Waals surface area contributed by atoms with Crippen LogP contribution in [0.1, 0.15) is 50.7 Å². The van der Waals surface area contributed by atoms with Gasteiger partial charge in [0.15, 0.2) is 0 Å². The van der Waals surface area contributed by atoms with Gasteiger partial charge in [0.25, 0.3) is 0 Å². The van der Waals surface area contributed by atoms with E-state index in [1.165, 1.54) is 27.5 Å². The van der Waals surface area contributed by atoms with E-state index in [-0.39, 0.29) is 0 Å². The van der Waals surface area contributed by atoms with Crippen LogP contribution < -0.4 is 0 Å². The number of benzene rings is 2. The molecule has 0 aliphatic heterocycles. The van der Waals surface area contributed by atoms with Crippen LogP contribution in [0.3, 0.4) is 0 Å². The Morgan fingerprint density at radius 3 is 2.23 bits per heavy atom. The van der Waals surface area contributed by atoms with Crippen LogP contribution in [0.2, 0.25) is 0 Å². The molecule has 112 valence electrons. The van der Waals surface area contributed by atoms with E-state index in [1.807, 2.05) is 6.20 Å². The minimum Gasteiger partial charge on any atom is -0.256 e. The highest BCUT2D eigenvalue weighted by molar-refractivity contribution is 5.96. The minimum absolute atomic E-state index is 0.518. The lowest BCUT2D eigenvalue weighted by Gasteiger charge is -2.12. The summed E-state index contributed by atoms with van der Waals surface area (Å²) in [4.78, 5) is 4.60. The van der Waals surface area contributed by atoms with Crippen LogP contribution in [0.4, 0.5) is 0 Å². The second-order valence-electron chi connectivity index (χ2n) is 6.57. The van der Waals surface area contributed by atoms with Crippen molar-refractivity contribution in [2.24, 2.45) is 0 Å². The number of nitrogens with zero attached hydrogens (tertiary/aromatic N) is 1. The van der Waals surface area contributed by atoms with Crippen LogP contribution >= 0.6 is 0 Å². The number of rotatable bonds is 3. The average molecular weight is 289 g/mol. The van der Waals surface area contributed by atoms with Crippen molar-refractivity contribution in [3.63, 3.8) is 0 Å². The molecule has 1 heteroatoms. The molecule has 1 aromatic heterocycles. The van der Waals surface area contributed by atoms with Crippen molar-refractivity contribution < 1.29 is 0 Å². The molecule has 0 saturated carbocycles. The molecule has 0 aliphatic carbocycles. The first kappa shape index (κ1) is 14.8. The molecular formula is C21H23N. The number of hydrogen-bond donors (Lipinski definition) is 0. The zero-order chi connectivity index (χ0) is 15.7. The van der Waals surface area contributed by atoms with Crippen molar-refractivity contribution in [2.45, 2.75) is 39.5 Å². The Morgan fingerprint density at radius 1 is 0.773 bits per heavy atom. The van der Waals surface area contributed by atoms with Crippen LogP contribution in [0.5, 0.6) is 0 Å². The Kier molecular flexibility index (Phi) is 3.98. The van der Waals surface area contributed by atoms with Gasteiger partial charge in [0.05, 0.1) is 5.69 Å². The Balaban J connectivity index is 2.17. The number of fused-ring (bicyclic) bond motifs is 1. The van der Waals surface area contributed by atoms with Gasteiger partial charge in [-0.3, -0.25) is 4.98 Å². The van der Waals surface area contributed by atoms with Gasteiger partial charge in [0, 0.05) is 11.8 Å². The zero-order valence-corrected chi connectivity index (χ0v) is 13.8. The molecule has 22 heavy (non-hydrogen) atoms. The average Bonchev–Trinajstić information content (AvgIpc) is 2.53. The minimum atomic E-state index is 0.518. The van der Waals surface area contributed by atoms with Crippen LogP contribution in [0, 0.1) is 0 Å². The summed E-state index contributed by atoms with van der Waals surface area (Å²) in [6, 6.07) is 17.6. The van der Waals surface area contributed by atoms with Crippen molar-refractivity contribution in [1.82, 2.24) is 4.98 Å². The molecule has 0 radical (unpaired) electrons. The molecule has 0 aliphatic rings. The maximum Gasteiger partial charge on any atom is 0.0711 e. The summed E-state index contributed by atoms with van der Waals surface area (Å²) >= 11 is 0. The standard InChI is InChI=1S/C21H23N/c1-14(2)16-8-9-19-18(12-16)6-5-7-20(19)21-13-17(15(3)4)10-11-22-21/h5-15H,1-4H3. The van der Waals surface area contributed by atoms with E-state index in [9.17, 15) is 0 Å². The van der Waals surface area contributed by atoms with E-state index in [4.69, 9.17) is 0 Å². The van der Waals surface area contributed by atoms with Gasteiger partial charge in [-0.25, -0.2) is 0 Å². The fraction of sp³-hybridized carbons (Fsp3) is 0.286. The predicted octanol–water partition coefficient (Wildman–Crippen LogP) is 6.15. The summed E-state index contributed by atoms with van der Waals surface area (Å²) in [6.45, 7) is 8.91. The van der Waals surface area contributed by atoms with Gasteiger partial charge in [-0.15, -0.1) is 0 Å². The van der Waals surface area contributed by atoms with Crippen molar-refractivity contribution in [3.05, 3.63) is 65.9 Å². The van der Waals surface area contributed by atoms with Gasteiger partial charge < -0.3 is 0 Å². The number of pyridine rings is 1. The van der Waals surface area contributed by atoms with Gasteiger partial charge in [0.1, 0.15) is 0 Å². The van der Waals surface area contributed by atoms with Crippen molar-refractivity contribution in [3.8, 4) is 11.3 Å². The highest BCUT2D eigenvalue weighted by Crippen LogP contribution is 2.30. The van der Waals surface area contributed by atoms with Crippen LogP contribution in [0.25, 0.3) is 22.0 Å². The molecule has 3 aromatic rings. The second kappa shape index (κ2) is 5.92. The summed E-state index contributed by atoms with van der Waals surface area (Å²) in [5.74, 6) is 1.07. The summed E-state index contributed by atoms with van der Waals surface area (Å²) in [6.07, 6.45) is 1.92. The Morgan fingerprint density at radius 2 is 1.50 bits per heavy atom. The summed E-state index contributed by atoms with van der Waals surface area (Å²) < 4.78 is 0. The third-order valence-corrected chi connectivity index (χ3v) is 4.30. The van der Waals surface area contributed by atoms with Crippen LogP contribution in [-0.2, 0) is 0 Å². The van der Waals surface area contributed by atoms with E-state index in [0.29, 0.717) is 11.8 Å². The molecule has 1 heterocycles. The first-order chi connectivity index (χ1) is 10.6. The number of aromatic nitrogens is 1. The van der Waals surface area contributed by atoms with Crippen molar-refractivity contribution in [1.29, 1.82) is 0 Å². The van der Waals surface area contributed by atoms with Crippen LogP contribution in [-0.4, -0.2) is 4.98 Å². The molecule has 0 N–H and O–H groups in total. The largest absolute Gasteiger partial charge is 0.256 e. The lowest BCUT2D eigenvalue weighted by Crippen LogP contribution is -1.92. The molecule has 2 aromatic carbocycles. The highest BCUT2D eigenvalue weighted by atomic mass is 14.7. The second-order valence-corrected chi connectivity index (χ2v) is 6.57. The van der Waals surface area contributed by atoms with Gasteiger partial charge in [-0.05, 0) is 45.9 Å². The maximum atomic E-state index is 4.60. The molecular weight excluding hydrogens is 266 g/mol. The fourth-order valence-electron chi connectivity index (χ4n) is 2.84. The molecule has 3 rings (SSSR count). The Labute approximate surface area is 133 Å². The predicted molar refractivity (Wildman–Crippen MR) is 95.4 cm³/mol. The van der Waals surface area contributed by atoms with Crippen molar-refractivity contribution in [2.75, 3.05) is 0 Å². The SMILES string of the molecule is CC(C)c1ccnc(-c2cccc3cc(C(C)C)ccc23)c1. The Bertz CT molecular complexity index is 800. The third-order valence-electron chi connectivity index (χ3n) is 4.30. The van der Waals surface area contributed by atoms with Gasteiger partial charge in [-0.1, -0.05) is 64.1 Å². The van der Waals surface area contributed by atoms with E-state index >= 15 is 0 Å². The smallest absolute Gasteiger partial charge is 0.0711 e. The molecule has 0 fully saturated rings. The maximum absolute atomic E-state index is 4.60. The highest BCUT2D eigenvalue weighted by Gasteiger charge is 2.08. The van der Waals surface area contributed by atoms with E-state index in [2.05, 4.69) is 81.2 Å². The van der Waals surface area contributed by atoms with E-state index < -0.39 is 0 Å². The molecule has 0 unspecified atom stereocenters. The topological polar surface area (TPSA) is 12.9 Å². The third kappa shape index (κ3) is 2.76. The summed E-state index contributed by atoms with van der Waals surface area (Å²) in [5.41, 5.74) is 5.00. The van der Waals surface area contributed by atoms with Gasteiger partial charge in [-0.2, -0.15) is 0 Å². The lowest BCUT2D eigenvalue weighted by molar-refractivity contribution is 0.864. The molecule has 0 atom stereocenters. The van der Waals surface area contributed by atoms with Gasteiger partial charge in [0.2, 0.25) is 0 Å². The molecule has 0 spiro atoms. The molecule has 0 amide bonds. The Hall–Kier alpha value is -2.15. The first-order valence-corrected chi connectivity index (χ1v) is 8.05. The van der Waals surface area contributed by atoms with E-state index in [1.54, 1.807) is 0 Å². The van der Waals surface area contributed by atoms with Crippen molar-refractivity contribution >= 4 is 10.8 Å². The van der Waals surface area contributed by atoms with E-state index in [0.717, 1.165) is 5.69 Å².